The Balaban J connectivity index is 0.00000200. The molecule has 1 aliphatic heterocycles. The molecule has 1 aliphatic rings. The van der Waals surface area contributed by atoms with Gasteiger partial charge in [-0.1, -0.05) is 0 Å². The lowest BCUT2D eigenvalue weighted by Gasteiger charge is -2.30. The highest BCUT2D eigenvalue weighted by Gasteiger charge is 2.32. The Morgan fingerprint density at radius 2 is 2.25 bits per heavy atom. The maximum Gasteiger partial charge on any atom is 0.238 e. The molecule has 112 valence electrons. The standard InChI is InChI=1S/C14H22N4O.ClH/c1-10-12(15)7-11(8-16-10)17-13(19)9-18-6-4-5-14(18,2)3;/h7-8H,4-6,9,15H2,1-3H3,(H,17,19);1H. The number of nitrogen functional groups attached to an aromatic ring is 1. The van der Waals surface area contributed by atoms with E-state index < -0.39 is 0 Å². The summed E-state index contributed by atoms with van der Waals surface area (Å²) in [6, 6.07) is 1.75. The first-order valence-electron chi connectivity index (χ1n) is 6.65. The Morgan fingerprint density at radius 3 is 2.80 bits per heavy atom. The van der Waals surface area contributed by atoms with Crippen LogP contribution in [-0.4, -0.2) is 34.4 Å². The summed E-state index contributed by atoms with van der Waals surface area (Å²) in [6.45, 7) is 7.60. The summed E-state index contributed by atoms with van der Waals surface area (Å²) < 4.78 is 0. The Bertz CT molecular complexity index is 490. The first kappa shape index (κ1) is 16.7. The SMILES string of the molecule is Cc1ncc(NC(=O)CN2CCCC2(C)C)cc1N.Cl. The van der Waals surface area contributed by atoms with Crippen LogP contribution in [-0.2, 0) is 4.79 Å². The Hall–Kier alpha value is -1.33. The second kappa shape index (κ2) is 6.41. The van der Waals surface area contributed by atoms with Crippen molar-refractivity contribution < 1.29 is 4.79 Å². The molecule has 3 N–H and O–H groups in total. The van der Waals surface area contributed by atoms with Crippen molar-refractivity contribution in [1.29, 1.82) is 0 Å². The van der Waals surface area contributed by atoms with Crippen LogP contribution in [0, 0.1) is 6.92 Å². The number of carbonyl (C=O) groups excluding carboxylic acids is 1. The van der Waals surface area contributed by atoms with Gasteiger partial charge in [0, 0.05) is 5.54 Å². The molecule has 0 unspecified atom stereocenters. The maximum atomic E-state index is 12.0. The van der Waals surface area contributed by atoms with Gasteiger partial charge in [-0.25, -0.2) is 0 Å². The largest absolute Gasteiger partial charge is 0.397 e. The number of aromatic nitrogens is 1. The van der Waals surface area contributed by atoms with Crippen molar-refractivity contribution in [2.24, 2.45) is 0 Å². The van der Waals surface area contributed by atoms with Crippen LogP contribution >= 0.6 is 12.4 Å². The van der Waals surface area contributed by atoms with E-state index in [0.29, 0.717) is 17.9 Å². The minimum atomic E-state index is -0.0139. The molecule has 1 fully saturated rings. The van der Waals surface area contributed by atoms with E-state index in [1.165, 1.54) is 0 Å². The summed E-state index contributed by atoms with van der Waals surface area (Å²) in [4.78, 5) is 18.4. The highest BCUT2D eigenvalue weighted by Crippen LogP contribution is 2.27. The number of amides is 1. The number of hydrogen-bond acceptors (Lipinski definition) is 4. The Labute approximate surface area is 126 Å². The molecule has 0 saturated carbocycles. The number of hydrogen-bond donors (Lipinski definition) is 2. The van der Waals surface area contributed by atoms with E-state index in [9.17, 15) is 4.79 Å². The summed E-state index contributed by atoms with van der Waals surface area (Å²) in [5, 5.41) is 2.85. The van der Waals surface area contributed by atoms with Crippen LogP contribution in [0.25, 0.3) is 0 Å². The molecule has 1 aromatic rings. The topological polar surface area (TPSA) is 71.2 Å². The molecule has 2 rings (SSSR count). The highest BCUT2D eigenvalue weighted by atomic mass is 35.5. The van der Waals surface area contributed by atoms with Crippen molar-refractivity contribution in [2.75, 3.05) is 24.1 Å². The molecule has 5 nitrogen and oxygen atoms in total. The van der Waals surface area contributed by atoms with Gasteiger partial charge in [-0.05, 0) is 46.2 Å². The van der Waals surface area contributed by atoms with E-state index in [2.05, 4.69) is 29.0 Å². The summed E-state index contributed by atoms with van der Waals surface area (Å²) in [5.41, 5.74) is 7.92. The van der Waals surface area contributed by atoms with E-state index in [0.717, 1.165) is 25.1 Å². The van der Waals surface area contributed by atoms with Crippen molar-refractivity contribution in [3.63, 3.8) is 0 Å². The van der Waals surface area contributed by atoms with Crippen molar-refractivity contribution in [3.8, 4) is 0 Å². The summed E-state index contributed by atoms with van der Waals surface area (Å²) in [6.07, 6.45) is 3.93. The zero-order valence-electron chi connectivity index (χ0n) is 12.3. The van der Waals surface area contributed by atoms with Crippen LogP contribution in [0.2, 0.25) is 0 Å². The highest BCUT2D eigenvalue weighted by molar-refractivity contribution is 5.92. The van der Waals surface area contributed by atoms with Gasteiger partial charge >= 0.3 is 0 Å². The number of anilines is 2. The van der Waals surface area contributed by atoms with E-state index in [1.54, 1.807) is 12.3 Å². The third-order valence-electron chi connectivity index (χ3n) is 3.82. The number of pyridine rings is 1. The fraction of sp³-hybridized carbons (Fsp3) is 0.571. The van der Waals surface area contributed by atoms with Crippen molar-refractivity contribution in [3.05, 3.63) is 18.0 Å². The summed E-state index contributed by atoms with van der Waals surface area (Å²) in [7, 11) is 0. The van der Waals surface area contributed by atoms with Crippen LogP contribution in [0.3, 0.4) is 0 Å². The van der Waals surface area contributed by atoms with E-state index in [-0.39, 0.29) is 23.9 Å². The molecule has 20 heavy (non-hydrogen) atoms. The first-order valence-corrected chi connectivity index (χ1v) is 6.65. The molecule has 1 saturated heterocycles. The minimum Gasteiger partial charge on any atom is -0.397 e. The number of halogens is 1. The number of carbonyl (C=O) groups is 1. The second-order valence-corrected chi connectivity index (χ2v) is 5.78. The molecule has 1 aromatic heterocycles. The van der Waals surface area contributed by atoms with Crippen LogP contribution in [0.15, 0.2) is 12.3 Å². The zero-order valence-corrected chi connectivity index (χ0v) is 13.1. The van der Waals surface area contributed by atoms with Crippen molar-refractivity contribution in [2.45, 2.75) is 39.2 Å². The molecule has 0 bridgehead atoms. The maximum absolute atomic E-state index is 12.0. The molecule has 1 amide bonds. The van der Waals surface area contributed by atoms with Crippen molar-refractivity contribution in [1.82, 2.24) is 9.88 Å². The number of aryl methyl sites for hydroxylation is 1. The number of likely N-dealkylation sites (tertiary alicyclic amines) is 1. The molecule has 6 heteroatoms. The molecule has 2 heterocycles. The lowest BCUT2D eigenvalue weighted by atomic mass is 10.0. The van der Waals surface area contributed by atoms with Gasteiger partial charge in [0.1, 0.15) is 0 Å². The second-order valence-electron chi connectivity index (χ2n) is 5.78. The third-order valence-corrected chi connectivity index (χ3v) is 3.82. The van der Waals surface area contributed by atoms with Crippen LogP contribution in [0.5, 0.6) is 0 Å². The number of nitrogens with two attached hydrogens (primary N) is 1. The third kappa shape index (κ3) is 3.84. The normalized spacial score (nSPS) is 17.6. The quantitative estimate of drug-likeness (QED) is 0.897. The Kier molecular flexibility index (Phi) is 5.36. The lowest BCUT2D eigenvalue weighted by molar-refractivity contribution is -0.118. The van der Waals surface area contributed by atoms with Gasteiger partial charge < -0.3 is 11.1 Å². The lowest BCUT2D eigenvalue weighted by Crippen LogP contribution is -2.42. The number of rotatable bonds is 3. The smallest absolute Gasteiger partial charge is 0.238 e. The van der Waals surface area contributed by atoms with Gasteiger partial charge in [-0.3, -0.25) is 14.7 Å². The van der Waals surface area contributed by atoms with Gasteiger partial charge in [0.05, 0.1) is 29.8 Å². The Morgan fingerprint density at radius 1 is 1.55 bits per heavy atom. The predicted octanol–water partition coefficient (Wildman–Crippen LogP) is 2.21. The summed E-state index contributed by atoms with van der Waals surface area (Å²) in [5.74, 6) is -0.0139. The van der Waals surface area contributed by atoms with Gasteiger partial charge in [-0.15, -0.1) is 12.4 Å². The van der Waals surface area contributed by atoms with Gasteiger partial charge in [0.25, 0.3) is 0 Å². The molecule has 0 radical (unpaired) electrons. The average Bonchev–Trinajstić information content (AvgIpc) is 2.63. The molecule has 0 aliphatic carbocycles. The van der Waals surface area contributed by atoms with E-state index in [4.69, 9.17) is 5.73 Å². The number of nitrogens with zero attached hydrogens (tertiary/aromatic N) is 2. The van der Waals surface area contributed by atoms with E-state index in [1.807, 2.05) is 6.92 Å². The van der Waals surface area contributed by atoms with Crippen LogP contribution in [0.1, 0.15) is 32.4 Å². The van der Waals surface area contributed by atoms with Crippen LogP contribution < -0.4 is 11.1 Å². The van der Waals surface area contributed by atoms with Gasteiger partial charge in [0.2, 0.25) is 5.91 Å². The van der Waals surface area contributed by atoms with Gasteiger partial charge in [0.15, 0.2) is 0 Å². The fourth-order valence-corrected chi connectivity index (χ4v) is 2.45. The van der Waals surface area contributed by atoms with E-state index >= 15 is 0 Å². The molecule has 0 spiro atoms. The molecule has 0 aromatic carbocycles. The monoisotopic (exact) mass is 298 g/mol. The average molecular weight is 299 g/mol. The predicted molar refractivity (Wildman–Crippen MR) is 84.2 cm³/mol. The molecular formula is C14H23ClN4O. The van der Waals surface area contributed by atoms with Gasteiger partial charge in [-0.2, -0.15) is 0 Å². The molecule has 0 atom stereocenters. The number of nitrogens with one attached hydrogen (secondary N) is 1. The molecular weight excluding hydrogens is 276 g/mol. The first-order chi connectivity index (χ1) is 8.88. The summed E-state index contributed by atoms with van der Waals surface area (Å²) >= 11 is 0. The zero-order chi connectivity index (χ0) is 14.0. The fourth-order valence-electron chi connectivity index (χ4n) is 2.45. The van der Waals surface area contributed by atoms with Crippen LogP contribution in [0.4, 0.5) is 11.4 Å². The van der Waals surface area contributed by atoms with Crippen molar-refractivity contribution >= 4 is 29.7 Å². The minimum absolute atomic E-state index is 0.